The lowest BCUT2D eigenvalue weighted by atomic mass is 10.0. The highest BCUT2D eigenvalue weighted by molar-refractivity contribution is 7.80. The minimum absolute atomic E-state index is 0.00197. The number of nitrogens with two attached hydrogens (primary N) is 3. The summed E-state index contributed by atoms with van der Waals surface area (Å²) in [5.41, 5.74) is 16.9. The Morgan fingerprint density at radius 2 is 1.69 bits per heavy atom. The number of amides is 3. The summed E-state index contributed by atoms with van der Waals surface area (Å²) in [6, 6.07) is -4.27. The van der Waals surface area contributed by atoms with Crippen LogP contribution in [0.3, 0.4) is 0 Å². The fourth-order valence-electron chi connectivity index (χ4n) is 3.22. The first-order valence-electron chi connectivity index (χ1n) is 11.5. The predicted molar refractivity (Wildman–Crippen MR) is 137 cm³/mol. The first-order chi connectivity index (χ1) is 16.9. The number of hydrogen-bond acceptors (Lipinski definition) is 8. The van der Waals surface area contributed by atoms with Gasteiger partial charge in [-0.3, -0.25) is 19.4 Å². The van der Waals surface area contributed by atoms with Gasteiger partial charge in [-0.15, -0.1) is 0 Å². The third-order valence-corrected chi connectivity index (χ3v) is 5.41. The summed E-state index contributed by atoms with van der Waals surface area (Å²) >= 11 is 4.14. The van der Waals surface area contributed by atoms with Crippen LogP contribution in [0.25, 0.3) is 0 Å². The van der Waals surface area contributed by atoms with Crippen LogP contribution in [0.2, 0.25) is 0 Å². The lowest BCUT2D eigenvalue weighted by Crippen LogP contribution is -2.58. The third-order valence-electron chi connectivity index (χ3n) is 5.05. The van der Waals surface area contributed by atoms with E-state index in [0.29, 0.717) is 18.5 Å². The van der Waals surface area contributed by atoms with Gasteiger partial charge in [0.2, 0.25) is 17.7 Å². The molecule has 1 heterocycles. The van der Waals surface area contributed by atoms with Gasteiger partial charge in [-0.05, 0) is 25.2 Å². The molecular weight excluding hydrogens is 490 g/mol. The van der Waals surface area contributed by atoms with Crippen molar-refractivity contribution in [3.63, 3.8) is 0 Å². The van der Waals surface area contributed by atoms with Crippen molar-refractivity contribution in [1.82, 2.24) is 25.9 Å². The molecule has 14 nitrogen and oxygen atoms in total. The van der Waals surface area contributed by atoms with Gasteiger partial charge in [-0.25, -0.2) is 9.78 Å². The van der Waals surface area contributed by atoms with Crippen LogP contribution in [-0.4, -0.2) is 81.2 Å². The second kappa shape index (κ2) is 15.6. The van der Waals surface area contributed by atoms with Gasteiger partial charge in [0.1, 0.15) is 18.1 Å². The topological polar surface area (TPSA) is 244 Å². The number of nitrogens with one attached hydrogen (secondary N) is 4. The molecule has 0 bridgehead atoms. The number of carbonyl (C=O) groups is 4. The molecule has 0 aliphatic rings. The number of carboxylic acids is 1. The number of rotatable bonds is 16. The second-order valence-electron chi connectivity index (χ2n) is 8.67. The zero-order valence-corrected chi connectivity index (χ0v) is 21.3. The molecule has 0 aromatic carbocycles. The quantitative estimate of drug-likeness (QED) is 0.0491. The van der Waals surface area contributed by atoms with Crippen LogP contribution < -0.4 is 33.2 Å². The molecule has 0 spiro atoms. The summed E-state index contributed by atoms with van der Waals surface area (Å²) < 4.78 is 0. The molecule has 1 aromatic rings. The molecule has 0 fully saturated rings. The molecule has 4 atom stereocenters. The number of hydrogen-bond donors (Lipinski definition) is 9. The van der Waals surface area contributed by atoms with E-state index >= 15 is 0 Å². The molecule has 1 aromatic heterocycles. The molecule has 3 amide bonds. The Kier molecular flexibility index (Phi) is 13.3. The smallest absolute Gasteiger partial charge is 0.326 e. The number of aliphatic imine (C=N–C) groups is 1. The molecule has 15 heteroatoms. The molecule has 202 valence electrons. The summed E-state index contributed by atoms with van der Waals surface area (Å²) in [5, 5.41) is 17.1. The van der Waals surface area contributed by atoms with E-state index in [4.69, 9.17) is 17.2 Å². The van der Waals surface area contributed by atoms with Gasteiger partial charge in [-0.2, -0.15) is 12.6 Å². The highest BCUT2D eigenvalue weighted by Crippen LogP contribution is 2.06. The zero-order chi connectivity index (χ0) is 27.3. The highest BCUT2D eigenvalue weighted by Gasteiger charge is 2.30. The van der Waals surface area contributed by atoms with Crippen LogP contribution in [0.15, 0.2) is 17.5 Å². The summed E-state index contributed by atoms with van der Waals surface area (Å²) in [5.74, 6) is -3.16. The monoisotopic (exact) mass is 527 g/mol. The molecule has 1 rings (SSSR count). The van der Waals surface area contributed by atoms with Crippen molar-refractivity contribution in [2.45, 2.75) is 63.7 Å². The maximum absolute atomic E-state index is 13.0. The number of aromatic amines is 1. The number of thiol groups is 1. The Labute approximate surface area is 215 Å². The van der Waals surface area contributed by atoms with Gasteiger partial charge >= 0.3 is 5.97 Å². The Balaban J connectivity index is 2.92. The van der Waals surface area contributed by atoms with Crippen LogP contribution in [0.1, 0.15) is 38.8 Å². The molecule has 4 unspecified atom stereocenters. The molecule has 0 saturated carbocycles. The number of H-pyrrole nitrogens is 1. The van der Waals surface area contributed by atoms with Gasteiger partial charge in [0, 0.05) is 30.6 Å². The number of aromatic nitrogens is 2. The molecular formula is C21H37N9O5S. The standard InChI is InChI=1S/C21H37N9O5S/c1-11(2)6-13(22)17(31)30-16(9-36)19(33)29-15(7-12-8-25-10-27-12)18(32)28-14(20(34)35)4-3-5-26-21(23)24/h8,10-11,13-16,36H,3-7,9,22H2,1-2H3,(H,25,27)(H,28,32)(H,29,33)(H,30,31)(H,34,35)(H4,23,24,26). The van der Waals surface area contributed by atoms with Gasteiger partial charge in [0.05, 0.1) is 12.4 Å². The first kappa shape index (κ1) is 30.7. The van der Waals surface area contributed by atoms with Gasteiger partial charge in [0.15, 0.2) is 5.96 Å². The van der Waals surface area contributed by atoms with Gasteiger partial charge in [0.25, 0.3) is 0 Å². The van der Waals surface area contributed by atoms with E-state index in [1.165, 1.54) is 12.5 Å². The van der Waals surface area contributed by atoms with E-state index in [1.54, 1.807) is 0 Å². The lowest BCUT2D eigenvalue weighted by Gasteiger charge is -2.24. The minimum atomic E-state index is -1.25. The Morgan fingerprint density at radius 3 is 2.22 bits per heavy atom. The summed E-state index contributed by atoms with van der Waals surface area (Å²) in [6.07, 6.45) is 3.67. The molecule has 0 aliphatic heterocycles. The number of guanidine groups is 1. The predicted octanol–water partition coefficient (Wildman–Crippen LogP) is -2.15. The summed E-state index contributed by atoms with van der Waals surface area (Å²) in [6.45, 7) is 4.03. The van der Waals surface area contributed by atoms with E-state index < -0.39 is 47.9 Å². The zero-order valence-electron chi connectivity index (χ0n) is 20.4. The van der Waals surface area contributed by atoms with Crippen LogP contribution in [0.5, 0.6) is 0 Å². The van der Waals surface area contributed by atoms with Crippen molar-refractivity contribution in [2.24, 2.45) is 28.1 Å². The number of imidazole rings is 1. The van der Waals surface area contributed by atoms with E-state index in [9.17, 15) is 24.3 Å². The van der Waals surface area contributed by atoms with Crippen molar-refractivity contribution in [3.8, 4) is 0 Å². The number of carboxylic acid groups (broad SMARTS) is 1. The van der Waals surface area contributed by atoms with Crippen molar-refractivity contribution in [3.05, 3.63) is 18.2 Å². The first-order valence-corrected chi connectivity index (χ1v) is 12.1. The largest absolute Gasteiger partial charge is 0.480 e. The molecule has 0 radical (unpaired) electrons. The highest BCUT2D eigenvalue weighted by atomic mass is 32.1. The SMILES string of the molecule is CC(C)CC(N)C(=O)NC(CS)C(=O)NC(Cc1cnc[nH]1)C(=O)NC(CCCN=C(N)N)C(=O)O. The van der Waals surface area contributed by atoms with Crippen LogP contribution in [-0.2, 0) is 25.6 Å². The molecule has 36 heavy (non-hydrogen) atoms. The minimum Gasteiger partial charge on any atom is -0.480 e. The normalized spacial score (nSPS) is 14.2. The lowest BCUT2D eigenvalue weighted by molar-refractivity contribution is -0.142. The van der Waals surface area contributed by atoms with Crippen LogP contribution >= 0.6 is 12.6 Å². The number of aliphatic carboxylic acids is 1. The number of nitrogens with zero attached hydrogens (tertiary/aromatic N) is 2. The Hall–Kier alpha value is -3.33. The second-order valence-corrected chi connectivity index (χ2v) is 9.04. The average Bonchev–Trinajstić information content (AvgIpc) is 3.30. The van der Waals surface area contributed by atoms with E-state index in [2.05, 4.69) is 43.5 Å². The molecule has 0 saturated heterocycles. The van der Waals surface area contributed by atoms with Crippen molar-refractivity contribution >= 4 is 42.3 Å². The van der Waals surface area contributed by atoms with E-state index in [1.807, 2.05) is 13.8 Å². The Bertz CT molecular complexity index is 890. The third kappa shape index (κ3) is 11.4. The summed E-state index contributed by atoms with van der Waals surface area (Å²) in [7, 11) is 0. The van der Waals surface area contributed by atoms with Gasteiger partial charge < -0.3 is 43.2 Å². The average molecular weight is 528 g/mol. The van der Waals surface area contributed by atoms with Crippen molar-refractivity contribution in [2.75, 3.05) is 12.3 Å². The number of carbonyl (C=O) groups excluding carboxylic acids is 3. The molecule has 11 N–H and O–H groups in total. The fraction of sp³-hybridized carbons (Fsp3) is 0.619. The van der Waals surface area contributed by atoms with Crippen molar-refractivity contribution < 1.29 is 24.3 Å². The van der Waals surface area contributed by atoms with Crippen LogP contribution in [0.4, 0.5) is 0 Å². The van der Waals surface area contributed by atoms with Crippen LogP contribution in [0, 0.1) is 5.92 Å². The maximum Gasteiger partial charge on any atom is 0.326 e. The van der Waals surface area contributed by atoms with Crippen molar-refractivity contribution in [1.29, 1.82) is 0 Å². The Morgan fingerprint density at radius 1 is 1.08 bits per heavy atom. The summed E-state index contributed by atoms with van der Waals surface area (Å²) in [4.78, 5) is 60.5. The van der Waals surface area contributed by atoms with E-state index in [-0.39, 0.29) is 37.0 Å². The fourth-order valence-corrected chi connectivity index (χ4v) is 3.48. The maximum atomic E-state index is 13.0. The molecule has 0 aliphatic carbocycles. The van der Waals surface area contributed by atoms with E-state index in [0.717, 1.165) is 0 Å². The van der Waals surface area contributed by atoms with Gasteiger partial charge in [-0.1, -0.05) is 13.8 Å².